The van der Waals surface area contributed by atoms with Crippen molar-refractivity contribution in [1.29, 1.82) is 0 Å². The molecular weight excluding hydrogens is 524 g/mol. The number of alkyl halides is 8. The van der Waals surface area contributed by atoms with Gasteiger partial charge in [-0.05, 0) is 73.7 Å². The summed E-state index contributed by atoms with van der Waals surface area (Å²) in [5, 5.41) is 0. The summed E-state index contributed by atoms with van der Waals surface area (Å²) in [6.07, 6.45) is -8.17. The number of rotatable bonds is 8. The van der Waals surface area contributed by atoms with E-state index in [0.29, 0.717) is 12.5 Å². The van der Waals surface area contributed by atoms with Gasteiger partial charge in [-0.25, -0.2) is 18.0 Å². The number of amides is 1. The lowest BCUT2D eigenvalue weighted by Gasteiger charge is -2.43. The molecule has 0 radical (unpaired) electrons. The van der Waals surface area contributed by atoms with Gasteiger partial charge < -0.3 is 10.5 Å². The zero-order valence-corrected chi connectivity index (χ0v) is 20.7. The predicted molar refractivity (Wildman–Crippen MR) is 125 cm³/mol. The number of halogens is 8. The summed E-state index contributed by atoms with van der Waals surface area (Å²) in [7, 11) is 0. The Bertz CT molecular complexity index is 1140. The highest BCUT2D eigenvalue weighted by molar-refractivity contribution is 5.90. The van der Waals surface area contributed by atoms with Crippen LogP contribution in [0.4, 0.5) is 45.6 Å². The zero-order chi connectivity index (χ0) is 28.4. The molecule has 1 aliphatic heterocycles. The second-order valence-corrected chi connectivity index (χ2v) is 9.11. The van der Waals surface area contributed by atoms with Crippen LogP contribution < -0.4 is 10.6 Å². The number of hydrogen-bond donors (Lipinski definition) is 1. The molecule has 2 N–H and O–H groups in total. The molecule has 1 heterocycles. The molecule has 1 amide bonds. The van der Waals surface area contributed by atoms with Crippen molar-refractivity contribution < 1.29 is 44.7 Å². The van der Waals surface area contributed by atoms with Gasteiger partial charge in [0.2, 0.25) is 0 Å². The SMILES string of the molecule is CCOC(=O)N1c2ccc(C(F)F)cc2[C@@H]([C@H](CN)c2cc(C(F)(F)F)cc(C(F)(F)CF)c2)C[C@H]1CC. The fraction of sp³-hybridized carbons (Fsp3) is 0.500. The average Bonchev–Trinajstić information content (AvgIpc) is 2.87. The molecular formula is C26H28F8N2O2. The van der Waals surface area contributed by atoms with E-state index >= 15 is 0 Å². The van der Waals surface area contributed by atoms with E-state index in [1.807, 2.05) is 0 Å². The summed E-state index contributed by atoms with van der Waals surface area (Å²) in [5.74, 6) is -6.05. The maximum Gasteiger partial charge on any atom is 0.416 e. The predicted octanol–water partition coefficient (Wildman–Crippen LogP) is 7.68. The number of hydrogen-bond acceptors (Lipinski definition) is 3. The molecule has 0 aromatic heterocycles. The molecule has 1 aliphatic rings. The molecule has 2 aromatic rings. The molecule has 0 spiro atoms. The van der Waals surface area contributed by atoms with Crippen LogP contribution in [-0.2, 0) is 16.8 Å². The van der Waals surface area contributed by atoms with Crippen molar-refractivity contribution in [3.8, 4) is 0 Å². The lowest BCUT2D eigenvalue weighted by Crippen LogP contribution is -2.46. The summed E-state index contributed by atoms with van der Waals surface area (Å²) in [4.78, 5) is 14.1. The standard InChI is InChI=1S/C26H28F8N2O2/c1-3-18-11-19(20-9-14(23(28)29)5-6-22(20)36(18)24(37)38-4-2)21(12-35)15-7-16(25(30,31)13-27)10-17(8-15)26(32,33)34/h5-10,18-19,21,23H,3-4,11-13,35H2,1-2H3/t18-,19+,21-/m1/s1. The minimum absolute atomic E-state index is 0.0425. The van der Waals surface area contributed by atoms with Crippen molar-refractivity contribution in [3.63, 3.8) is 0 Å². The van der Waals surface area contributed by atoms with Crippen LogP contribution in [0.25, 0.3) is 0 Å². The monoisotopic (exact) mass is 552 g/mol. The summed E-state index contributed by atoms with van der Waals surface area (Å²) in [5.41, 5.74) is 3.19. The first-order chi connectivity index (χ1) is 17.8. The van der Waals surface area contributed by atoms with E-state index in [4.69, 9.17) is 10.5 Å². The average molecular weight is 553 g/mol. The Morgan fingerprint density at radius 1 is 1.05 bits per heavy atom. The highest BCUT2D eigenvalue weighted by Crippen LogP contribution is 2.48. The van der Waals surface area contributed by atoms with Gasteiger partial charge in [-0.1, -0.05) is 13.0 Å². The van der Waals surface area contributed by atoms with E-state index in [0.717, 1.165) is 18.2 Å². The molecule has 0 aliphatic carbocycles. The lowest BCUT2D eigenvalue weighted by molar-refractivity contribution is -0.138. The number of nitrogens with two attached hydrogens (primary N) is 1. The third-order valence-corrected chi connectivity index (χ3v) is 6.83. The van der Waals surface area contributed by atoms with Crippen LogP contribution in [-0.4, -0.2) is 32.0 Å². The van der Waals surface area contributed by atoms with Crippen LogP contribution in [0.3, 0.4) is 0 Å². The Balaban J connectivity index is 2.25. The third-order valence-electron chi connectivity index (χ3n) is 6.83. The maximum atomic E-state index is 14.2. The molecule has 2 aromatic carbocycles. The van der Waals surface area contributed by atoms with Crippen LogP contribution in [0, 0.1) is 0 Å². The number of benzene rings is 2. The smallest absolute Gasteiger partial charge is 0.416 e. The zero-order valence-electron chi connectivity index (χ0n) is 20.7. The third kappa shape index (κ3) is 5.89. The van der Waals surface area contributed by atoms with Crippen molar-refractivity contribution >= 4 is 11.8 Å². The van der Waals surface area contributed by atoms with Crippen LogP contribution in [0.1, 0.15) is 72.8 Å². The van der Waals surface area contributed by atoms with Crippen molar-refractivity contribution in [2.45, 2.75) is 63.1 Å². The molecule has 38 heavy (non-hydrogen) atoms. The van der Waals surface area contributed by atoms with Crippen molar-refractivity contribution in [1.82, 2.24) is 0 Å². The van der Waals surface area contributed by atoms with E-state index in [-0.39, 0.29) is 42.5 Å². The number of carbonyl (C=O) groups is 1. The quantitative estimate of drug-likeness (QED) is 0.342. The van der Waals surface area contributed by atoms with Gasteiger partial charge in [-0.15, -0.1) is 0 Å². The molecule has 12 heteroatoms. The first kappa shape index (κ1) is 29.7. The molecule has 0 saturated heterocycles. The summed E-state index contributed by atoms with van der Waals surface area (Å²) in [6, 6.07) is 4.69. The highest BCUT2D eigenvalue weighted by Gasteiger charge is 2.42. The summed E-state index contributed by atoms with van der Waals surface area (Å²) < 4.78 is 115. The Morgan fingerprint density at radius 3 is 2.24 bits per heavy atom. The van der Waals surface area contributed by atoms with Gasteiger partial charge in [-0.3, -0.25) is 4.90 Å². The van der Waals surface area contributed by atoms with Gasteiger partial charge in [-0.2, -0.15) is 22.0 Å². The second kappa shape index (κ2) is 11.5. The fourth-order valence-corrected chi connectivity index (χ4v) is 4.97. The highest BCUT2D eigenvalue weighted by atomic mass is 19.4. The van der Waals surface area contributed by atoms with Crippen molar-refractivity contribution in [3.05, 3.63) is 64.2 Å². The normalized spacial score (nSPS) is 18.9. The Labute approximate surface area is 214 Å². The van der Waals surface area contributed by atoms with Gasteiger partial charge in [0, 0.05) is 23.1 Å². The van der Waals surface area contributed by atoms with Gasteiger partial charge in [0.05, 0.1) is 17.9 Å². The maximum absolute atomic E-state index is 14.2. The largest absolute Gasteiger partial charge is 0.449 e. The van der Waals surface area contributed by atoms with Crippen molar-refractivity contribution in [2.75, 3.05) is 24.7 Å². The number of anilines is 1. The van der Waals surface area contributed by atoms with E-state index in [2.05, 4.69) is 0 Å². The number of nitrogens with zero attached hydrogens (tertiary/aromatic N) is 1. The van der Waals surface area contributed by atoms with E-state index in [9.17, 15) is 39.9 Å². The number of ether oxygens (including phenoxy) is 1. The molecule has 3 atom stereocenters. The molecule has 4 nitrogen and oxygen atoms in total. The first-order valence-electron chi connectivity index (χ1n) is 12.0. The molecule has 0 saturated carbocycles. The van der Waals surface area contributed by atoms with Crippen molar-refractivity contribution in [2.24, 2.45) is 5.73 Å². The Morgan fingerprint density at radius 2 is 1.71 bits per heavy atom. The number of carbonyl (C=O) groups excluding carboxylic acids is 1. The molecule has 0 bridgehead atoms. The van der Waals surface area contributed by atoms with Crippen LogP contribution in [0.5, 0.6) is 0 Å². The summed E-state index contributed by atoms with van der Waals surface area (Å²) >= 11 is 0. The van der Waals surface area contributed by atoms with Gasteiger partial charge in [0.25, 0.3) is 6.43 Å². The molecule has 0 fully saturated rings. The van der Waals surface area contributed by atoms with E-state index in [1.165, 1.54) is 11.0 Å². The minimum atomic E-state index is -5.02. The molecule has 0 unspecified atom stereocenters. The van der Waals surface area contributed by atoms with Gasteiger partial charge in [0.1, 0.15) is 0 Å². The lowest BCUT2D eigenvalue weighted by atomic mass is 9.73. The Kier molecular flexibility index (Phi) is 8.95. The van der Waals surface area contributed by atoms with E-state index in [1.54, 1.807) is 13.8 Å². The molecule has 3 rings (SSSR count). The fourth-order valence-electron chi connectivity index (χ4n) is 4.97. The van der Waals surface area contributed by atoms with Gasteiger partial charge in [0.15, 0.2) is 6.67 Å². The Hall–Kier alpha value is -2.89. The topological polar surface area (TPSA) is 55.6 Å². The minimum Gasteiger partial charge on any atom is -0.449 e. The van der Waals surface area contributed by atoms with E-state index < -0.39 is 65.9 Å². The first-order valence-corrected chi connectivity index (χ1v) is 12.0. The van der Waals surface area contributed by atoms with Crippen LogP contribution in [0.15, 0.2) is 36.4 Å². The van der Waals surface area contributed by atoms with Gasteiger partial charge >= 0.3 is 18.2 Å². The van der Waals surface area contributed by atoms with Crippen LogP contribution in [0.2, 0.25) is 0 Å². The second-order valence-electron chi connectivity index (χ2n) is 9.11. The summed E-state index contributed by atoms with van der Waals surface area (Å²) in [6.45, 7) is 0.850. The number of fused-ring (bicyclic) bond motifs is 1. The molecule has 210 valence electrons. The van der Waals surface area contributed by atoms with Crippen LogP contribution >= 0.6 is 0 Å².